The fraction of sp³-hybridized carbons (Fsp3) is 0.462. The van der Waals surface area contributed by atoms with Crippen molar-refractivity contribution in [1.82, 2.24) is 19.7 Å². The number of halogens is 1. The Labute approximate surface area is 127 Å². The zero-order valence-corrected chi connectivity index (χ0v) is 13.6. The van der Waals surface area contributed by atoms with E-state index in [2.05, 4.69) is 56.8 Å². The average molecular weight is 371 g/mol. The fourth-order valence-corrected chi connectivity index (χ4v) is 2.81. The Bertz CT molecular complexity index is 539. The van der Waals surface area contributed by atoms with Crippen LogP contribution in [0.25, 0.3) is 11.5 Å². The molecule has 5 nitrogen and oxygen atoms in total. The number of aromatic nitrogens is 4. The van der Waals surface area contributed by atoms with Crippen molar-refractivity contribution in [3.63, 3.8) is 0 Å². The summed E-state index contributed by atoms with van der Waals surface area (Å²) in [5, 5.41) is 7.47. The van der Waals surface area contributed by atoms with Gasteiger partial charge in [0.15, 0.2) is 5.82 Å². The highest BCUT2D eigenvalue weighted by atomic mass is 127. The zero-order chi connectivity index (χ0) is 13.8. The van der Waals surface area contributed by atoms with Crippen molar-refractivity contribution in [2.75, 3.05) is 12.4 Å². The molecule has 0 spiro atoms. The van der Waals surface area contributed by atoms with Crippen LogP contribution in [-0.4, -0.2) is 26.8 Å². The molecule has 0 unspecified atom stereocenters. The van der Waals surface area contributed by atoms with Crippen molar-refractivity contribution < 1.29 is 0 Å². The molecule has 102 valence electrons. The summed E-state index contributed by atoms with van der Waals surface area (Å²) in [6, 6.07) is 1.97. The molecule has 0 saturated heterocycles. The van der Waals surface area contributed by atoms with E-state index in [4.69, 9.17) is 0 Å². The second-order valence-electron chi connectivity index (χ2n) is 4.20. The molecule has 0 aromatic carbocycles. The molecular formula is C13H18IN5. The lowest BCUT2D eigenvalue weighted by Crippen LogP contribution is -2.08. The van der Waals surface area contributed by atoms with Crippen LogP contribution in [0.1, 0.15) is 26.0 Å². The Balaban J connectivity index is 2.52. The second kappa shape index (κ2) is 6.31. The maximum absolute atomic E-state index is 4.67. The number of nitrogens with zero attached hydrogens (tertiary/aromatic N) is 4. The number of aryl methyl sites for hydroxylation is 2. The predicted molar refractivity (Wildman–Crippen MR) is 85.2 cm³/mol. The topological polar surface area (TPSA) is 55.6 Å². The molecule has 2 heterocycles. The Morgan fingerprint density at radius 1 is 1.32 bits per heavy atom. The van der Waals surface area contributed by atoms with Crippen LogP contribution in [0, 0.1) is 3.57 Å². The first-order valence-electron chi connectivity index (χ1n) is 6.47. The number of nitrogens with one attached hydrogen (secondary N) is 1. The smallest absolute Gasteiger partial charge is 0.180 e. The van der Waals surface area contributed by atoms with Crippen LogP contribution in [0.4, 0.5) is 5.82 Å². The second-order valence-corrected chi connectivity index (χ2v) is 5.28. The van der Waals surface area contributed by atoms with Gasteiger partial charge < -0.3 is 5.32 Å². The SMILES string of the molecule is CCCn1nccc1-c1nc(CC)c(I)c(NC)n1. The number of anilines is 1. The van der Waals surface area contributed by atoms with Gasteiger partial charge in [0.05, 0.1) is 9.26 Å². The molecule has 0 saturated carbocycles. The van der Waals surface area contributed by atoms with Crippen LogP contribution in [0.15, 0.2) is 12.3 Å². The van der Waals surface area contributed by atoms with E-state index in [0.717, 1.165) is 46.0 Å². The molecule has 2 aromatic rings. The first-order chi connectivity index (χ1) is 9.21. The number of hydrogen-bond acceptors (Lipinski definition) is 4. The molecule has 6 heteroatoms. The van der Waals surface area contributed by atoms with Crippen LogP contribution in [0.3, 0.4) is 0 Å². The molecule has 0 amide bonds. The molecule has 0 atom stereocenters. The van der Waals surface area contributed by atoms with Crippen molar-refractivity contribution in [3.8, 4) is 11.5 Å². The lowest BCUT2D eigenvalue weighted by molar-refractivity contribution is 0.606. The van der Waals surface area contributed by atoms with Crippen LogP contribution in [-0.2, 0) is 13.0 Å². The molecule has 2 aromatic heterocycles. The molecule has 1 N–H and O–H groups in total. The number of rotatable bonds is 5. The number of hydrogen-bond donors (Lipinski definition) is 1. The third-order valence-corrected chi connectivity index (χ3v) is 4.01. The van der Waals surface area contributed by atoms with Gasteiger partial charge in [0, 0.05) is 19.8 Å². The molecule has 2 rings (SSSR count). The van der Waals surface area contributed by atoms with Gasteiger partial charge in [-0.25, -0.2) is 9.97 Å². The fourth-order valence-electron chi connectivity index (χ4n) is 1.92. The molecule has 0 fully saturated rings. The highest BCUT2D eigenvalue weighted by Gasteiger charge is 2.14. The van der Waals surface area contributed by atoms with Gasteiger partial charge in [-0.1, -0.05) is 13.8 Å². The summed E-state index contributed by atoms with van der Waals surface area (Å²) in [5.41, 5.74) is 2.05. The van der Waals surface area contributed by atoms with Gasteiger partial charge in [-0.2, -0.15) is 5.10 Å². The molecule has 0 aliphatic heterocycles. The van der Waals surface area contributed by atoms with Crippen LogP contribution in [0.2, 0.25) is 0 Å². The molecule has 0 bridgehead atoms. The molecule has 0 aliphatic carbocycles. The van der Waals surface area contributed by atoms with E-state index in [-0.39, 0.29) is 0 Å². The monoisotopic (exact) mass is 371 g/mol. The third kappa shape index (κ3) is 2.88. The van der Waals surface area contributed by atoms with E-state index in [9.17, 15) is 0 Å². The highest BCUT2D eigenvalue weighted by molar-refractivity contribution is 14.1. The largest absolute Gasteiger partial charge is 0.372 e. The normalized spacial score (nSPS) is 10.7. The lowest BCUT2D eigenvalue weighted by Gasteiger charge is -2.11. The van der Waals surface area contributed by atoms with Gasteiger partial charge in [-0.3, -0.25) is 4.68 Å². The van der Waals surface area contributed by atoms with E-state index >= 15 is 0 Å². The summed E-state index contributed by atoms with van der Waals surface area (Å²) in [5.74, 6) is 1.62. The van der Waals surface area contributed by atoms with Crippen molar-refractivity contribution in [3.05, 3.63) is 21.5 Å². The van der Waals surface area contributed by atoms with Gasteiger partial charge >= 0.3 is 0 Å². The minimum atomic E-state index is 0.743. The quantitative estimate of drug-likeness (QED) is 0.822. The Morgan fingerprint density at radius 3 is 2.74 bits per heavy atom. The minimum Gasteiger partial charge on any atom is -0.372 e. The summed E-state index contributed by atoms with van der Waals surface area (Å²) in [7, 11) is 1.89. The Morgan fingerprint density at radius 2 is 2.11 bits per heavy atom. The van der Waals surface area contributed by atoms with Crippen molar-refractivity contribution >= 4 is 28.4 Å². The van der Waals surface area contributed by atoms with E-state index in [1.165, 1.54) is 0 Å². The van der Waals surface area contributed by atoms with E-state index in [1.807, 2.05) is 17.8 Å². The van der Waals surface area contributed by atoms with E-state index in [1.54, 1.807) is 6.20 Å². The molecular weight excluding hydrogens is 353 g/mol. The predicted octanol–water partition coefficient (Wildman–Crippen LogP) is 2.96. The standard InChI is InChI=1S/C13H18IN5/c1-4-8-19-10(6-7-16-19)12-17-9(5-2)11(14)13(15-3)18-12/h6-7H,4-5,8H2,1-3H3,(H,15,17,18). The lowest BCUT2D eigenvalue weighted by atomic mass is 10.3. The summed E-state index contributed by atoms with van der Waals surface area (Å²) in [6.45, 7) is 5.13. The maximum atomic E-state index is 4.67. The van der Waals surface area contributed by atoms with E-state index in [0.29, 0.717) is 0 Å². The van der Waals surface area contributed by atoms with Gasteiger partial charge in [0.2, 0.25) is 0 Å². The average Bonchev–Trinajstić information content (AvgIpc) is 2.88. The first-order valence-corrected chi connectivity index (χ1v) is 7.55. The Kier molecular flexibility index (Phi) is 4.73. The van der Waals surface area contributed by atoms with Gasteiger partial charge in [0.25, 0.3) is 0 Å². The van der Waals surface area contributed by atoms with E-state index < -0.39 is 0 Å². The summed E-state index contributed by atoms with van der Waals surface area (Å²) < 4.78 is 3.05. The molecule has 19 heavy (non-hydrogen) atoms. The first kappa shape index (κ1) is 14.2. The third-order valence-electron chi connectivity index (χ3n) is 2.87. The maximum Gasteiger partial charge on any atom is 0.180 e. The summed E-state index contributed by atoms with van der Waals surface area (Å²) >= 11 is 2.29. The van der Waals surface area contributed by atoms with Crippen molar-refractivity contribution in [1.29, 1.82) is 0 Å². The van der Waals surface area contributed by atoms with Crippen LogP contribution >= 0.6 is 22.6 Å². The molecule has 0 aliphatic rings. The highest BCUT2D eigenvalue weighted by Crippen LogP contribution is 2.24. The van der Waals surface area contributed by atoms with Crippen LogP contribution in [0.5, 0.6) is 0 Å². The molecule has 0 radical (unpaired) electrons. The van der Waals surface area contributed by atoms with Gasteiger partial charge in [-0.15, -0.1) is 0 Å². The zero-order valence-electron chi connectivity index (χ0n) is 11.4. The van der Waals surface area contributed by atoms with Gasteiger partial charge in [-0.05, 0) is 41.5 Å². The van der Waals surface area contributed by atoms with Gasteiger partial charge in [0.1, 0.15) is 11.5 Å². The minimum absolute atomic E-state index is 0.743. The van der Waals surface area contributed by atoms with Crippen molar-refractivity contribution in [2.45, 2.75) is 33.2 Å². The summed E-state index contributed by atoms with van der Waals surface area (Å²) in [6.07, 6.45) is 3.74. The summed E-state index contributed by atoms with van der Waals surface area (Å²) in [4.78, 5) is 9.26. The van der Waals surface area contributed by atoms with Crippen molar-refractivity contribution in [2.24, 2.45) is 0 Å². The Hall–Kier alpha value is -1.18. The van der Waals surface area contributed by atoms with Crippen LogP contribution < -0.4 is 5.32 Å².